The summed E-state index contributed by atoms with van der Waals surface area (Å²) in [5.41, 5.74) is 0.754. The van der Waals surface area contributed by atoms with Gasteiger partial charge in [-0.25, -0.2) is 4.39 Å². The largest absolute Gasteiger partial charge is 0.505 e. The van der Waals surface area contributed by atoms with Crippen molar-refractivity contribution < 1.29 is 9.50 Å². The molecule has 2 fully saturated rings. The minimum absolute atomic E-state index is 0.136. The molecule has 1 atom stereocenters. The van der Waals surface area contributed by atoms with Gasteiger partial charge in [-0.05, 0) is 40.8 Å². The Morgan fingerprint density at radius 3 is 2.57 bits per heavy atom. The predicted molar refractivity (Wildman–Crippen MR) is 84.9 cm³/mol. The predicted octanol–water partition coefficient (Wildman–Crippen LogP) is 3.43. The molecule has 1 heterocycles. The summed E-state index contributed by atoms with van der Waals surface area (Å²) in [4.78, 5) is 2.41. The zero-order valence-corrected chi connectivity index (χ0v) is 13.7. The number of aromatic hydroxyl groups is 1. The van der Waals surface area contributed by atoms with E-state index < -0.39 is 5.82 Å². The molecule has 2 N–H and O–H groups in total. The van der Waals surface area contributed by atoms with Crippen molar-refractivity contribution in [3.63, 3.8) is 0 Å². The topological polar surface area (TPSA) is 35.5 Å². The van der Waals surface area contributed by atoms with Gasteiger partial charge in [-0.15, -0.1) is 0 Å². The number of phenols is 1. The number of hydrogen-bond donors (Lipinski definition) is 2. The second-order valence-electron chi connectivity index (χ2n) is 6.07. The van der Waals surface area contributed by atoms with Crippen molar-refractivity contribution in [1.82, 2.24) is 10.2 Å². The molecule has 21 heavy (non-hydrogen) atoms. The number of phenolic OH excluding ortho intramolecular Hbond substituents is 1. The summed E-state index contributed by atoms with van der Waals surface area (Å²) in [6.45, 7) is 3.84. The van der Waals surface area contributed by atoms with Crippen molar-refractivity contribution in [2.24, 2.45) is 5.92 Å². The lowest BCUT2D eigenvalue weighted by atomic mass is 9.89. The maximum absolute atomic E-state index is 14.1. The van der Waals surface area contributed by atoms with Crippen molar-refractivity contribution in [2.75, 3.05) is 26.2 Å². The first-order valence-electron chi connectivity index (χ1n) is 7.80. The highest BCUT2D eigenvalue weighted by Crippen LogP contribution is 2.44. The molecule has 0 unspecified atom stereocenters. The molecule has 1 saturated heterocycles. The van der Waals surface area contributed by atoms with Crippen LogP contribution in [0.4, 0.5) is 4.39 Å². The molecule has 116 valence electrons. The Morgan fingerprint density at radius 2 is 1.90 bits per heavy atom. The maximum atomic E-state index is 14.1. The molecule has 5 heteroatoms. The number of halogens is 2. The normalized spacial score (nSPS) is 22.6. The number of benzene rings is 1. The smallest absolute Gasteiger partial charge is 0.179 e. The first-order chi connectivity index (χ1) is 10.2. The van der Waals surface area contributed by atoms with Crippen molar-refractivity contribution in [3.8, 4) is 5.75 Å². The Bertz CT molecular complexity index is 499. The summed E-state index contributed by atoms with van der Waals surface area (Å²) < 4.78 is 14.4. The average molecular weight is 357 g/mol. The molecule has 0 radical (unpaired) electrons. The Morgan fingerprint density at radius 1 is 1.24 bits per heavy atom. The zero-order valence-electron chi connectivity index (χ0n) is 12.1. The highest BCUT2D eigenvalue weighted by Gasteiger charge is 2.34. The Balaban J connectivity index is 1.96. The van der Waals surface area contributed by atoms with Crippen LogP contribution in [0.15, 0.2) is 16.6 Å². The Hall–Kier alpha value is -0.650. The molecule has 0 bridgehead atoms. The number of piperazine rings is 1. The van der Waals surface area contributed by atoms with E-state index in [0.29, 0.717) is 10.4 Å². The minimum atomic E-state index is -0.536. The Labute approximate surface area is 133 Å². The molecule has 3 rings (SSSR count). The van der Waals surface area contributed by atoms with Crippen molar-refractivity contribution >= 4 is 15.9 Å². The van der Waals surface area contributed by atoms with Crippen molar-refractivity contribution in [2.45, 2.75) is 31.7 Å². The fourth-order valence-electron chi connectivity index (χ4n) is 3.78. The van der Waals surface area contributed by atoms with E-state index >= 15 is 0 Å². The van der Waals surface area contributed by atoms with E-state index in [9.17, 15) is 9.50 Å². The third-order valence-electron chi connectivity index (χ3n) is 4.81. The molecule has 1 saturated carbocycles. The molecule has 2 aliphatic rings. The molecule has 1 aromatic rings. The summed E-state index contributed by atoms with van der Waals surface area (Å²) in [7, 11) is 0. The Kier molecular flexibility index (Phi) is 4.82. The second-order valence-corrected chi connectivity index (χ2v) is 6.93. The average Bonchev–Trinajstić information content (AvgIpc) is 3.03. The van der Waals surface area contributed by atoms with E-state index in [1.54, 1.807) is 6.07 Å². The van der Waals surface area contributed by atoms with E-state index in [1.807, 2.05) is 6.07 Å². The van der Waals surface area contributed by atoms with Crippen LogP contribution in [0.1, 0.15) is 37.3 Å². The highest BCUT2D eigenvalue weighted by molar-refractivity contribution is 9.10. The first kappa shape index (κ1) is 15.3. The fourth-order valence-corrected chi connectivity index (χ4v) is 4.10. The van der Waals surface area contributed by atoms with Gasteiger partial charge in [-0.1, -0.05) is 18.9 Å². The molecular formula is C16H22BrFN2O. The summed E-state index contributed by atoms with van der Waals surface area (Å²) in [5, 5.41) is 13.7. The first-order valence-corrected chi connectivity index (χ1v) is 8.59. The van der Waals surface area contributed by atoms with Crippen LogP contribution in [-0.2, 0) is 0 Å². The lowest BCUT2D eigenvalue weighted by Gasteiger charge is -2.39. The van der Waals surface area contributed by atoms with Crippen LogP contribution in [-0.4, -0.2) is 36.2 Å². The van der Waals surface area contributed by atoms with Crippen LogP contribution in [0.25, 0.3) is 0 Å². The number of rotatable bonds is 3. The zero-order chi connectivity index (χ0) is 14.8. The third-order valence-corrected chi connectivity index (χ3v) is 5.42. The fraction of sp³-hybridized carbons (Fsp3) is 0.625. The van der Waals surface area contributed by atoms with E-state index in [0.717, 1.165) is 31.7 Å². The molecule has 0 amide bonds. The second kappa shape index (κ2) is 6.63. The van der Waals surface area contributed by atoms with E-state index in [2.05, 4.69) is 26.1 Å². The van der Waals surface area contributed by atoms with Crippen LogP contribution >= 0.6 is 15.9 Å². The van der Waals surface area contributed by atoms with Crippen molar-refractivity contribution in [3.05, 3.63) is 28.0 Å². The van der Waals surface area contributed by atoms with Gasteiger partial charge in [-0.3, -0.25) is 4.90 Å². The molecule has 1 aliphatic heterocycles. The number of nitrogens with zero attached hydrogens (tertiary/aromatic N) is 1. The van der Waals surface area contributed by atoms with Gasteiger partial charge in [0.25, 0.3) is 0 Å². The van der Waals surface area contributed by atoms with Gasteiger partial charge < -0.3 is 10.4 Å². The lowest BCUT2D eigenvalue weighted by molar-refractivity contribution is 0.122. The van der Waals surface area contributed by atoms with Crippen LogP contribution in [0.2, 0.25) is 0 Å². The molecule has 3 nitrogen and oxygen atoms in total. The molecule has 0 aromatic heterocycles. The molecule has 1 aromatic carbocycles. The van der Waals surface area contributed by atoms with Gasteiger partial charge in [0.1, 0.15) is 0 Å². The summed E-state index contributed by atoms with van der Waals surface area (Å²) in [6.07, 6.45) is 4.83. The quantitative estimate of drug-likeness (QED) is 0.870. The standard InChI is InChI=1S/C16H22BrFN2O/c17-13-6-5-12(16(21)14(13)18)15(11-3-1-2-4-11)20-9-7-19-8-10-20/h5-6,11,15,19,21H,1-4,7-10H2/t15-/m0/s1. The van der Waals surface area contributed by atoms with Gasteiger partial charge in [0, 0.05) is 37.8 Å². The number of nitrogens with one attached hydrogen (secondary N) is 1. The van der Waals surface area contributed by atoms with Crippen LogP contribution in [0, 0.1) is 11.7 Å². The summed E-state index contributed by atoms with van der Waals surface area (Å²) >= 11 is 3.15. The third kappa shape index (κ3) is 3.10. The van der Waals surface area contributed by atoms with Crippen LogP contribution in [0.3, 0.4) is 0 Å². The van der Waals surface area contributed by atoms with Gasteiger partial charge in [0.15, 0.2) is 11.6 Å². The summed E-state index contributed by atoms with van der Waals surface area (Å²) in [5.74, 6) is -0.194. The molecular weight excluding hydrogens is 335 g/mol. The monoisotopic (exact) mass is 356 g/mol. The summed E-state index contributed by atoms with van der Waals surface area (Å²) in [6, 6.07) is 3.74. The molecule has 0 spiro atoms. The van der Waals surface area contributed by atoms with E-state index in [-0.39, 0.29) is 11.8 Å². The van der Waals surface area contributed by atoms with Gasteiger partial charge in [0.05, 0.1) is 4.47 Å². The van der Waals surface area contributed by atoms with Gasteiger partial charge in [-0.2, -0.15) is 0 Å². The van der Waals surface area contributed by atoms with Gasteiger partial charge >= 0.3 is 0 Å². The SMILES string of the molecule is Oc1c([C@H](C2CCCC2)N2CCNCC2)ccc(Br)c1F. The highest BCUT2D eigenvalue weighted by atomic mass is 79.9. The van der Waals surface area contributed by atoms with E-state index in [1.165, 1.54) is 25.7 Å². The van der Waals surface area contributed by atoms with E-state index in [4.69, 9.17) is 0 Å². The van der Waals surface area contributed by atoms with Crippen molar-refractivity contribution in [1.29, 1.82) is 0 Å². The van der Waals surface area contributed by atoms with Gasteiger partial charge in [0.2, 0.25) is 0 Å². The maximum Gasteiger partial charge on any atom is 0.179 e. The number of hydrogen-bond acceptors (Lipinski definition) is 3. The molecule has 1 aliphatic carbocycles. The minimum Gasteiger partial charge on any atom is -0.505 e. The van der Waals surface area contributed by atoms with Crippen LogP contribution in [0.5, 0.6) is 5.75 Å². The lowest BCUT2D eigenvalue weighted by Crippen LogP contribution is -2.46. The van der Waals surface area contributed by atoms with Crippen LogP contribution < -0.4 is 5.32 Å².